The molecule has 7 heteroatoms. The maximum absolute atomic E-state index is 14.5. The fourth-order valence-electron chi connectivity index (χ4n) is 3.73. The first-order chi connectivity index (χ1) is 14.2. The second kappa shape index (κ2) is 8.71. The summed E-state index contributed by atoms with van der Waals surface area (Å²) in [5.74, 6) is 0.243. The van der Waals surface area contributed by atoms with Gasteiger partial charge in [-0.3, -0.25) is 9.69 Å². The lowest BCUT2D eigenvalue weighted by Gasteiger charge is -2.29. The number of carbonyl (C=O) groups is 1. The number of amides is 1. The van der Waals surface area contributed by atoms with Gasteiger partial charge in [0.2, 0.25) is 0 Å². The van der Waals surface area contributed by atoms with Crippen LogP contribution in [0, 0.1) is 5.82 Å². The molecule has 0 spiro atoms. The molecule has 0 saturated carbocycles. The van der Waals surface area contributed by atoms with Crippen LogP contribution in [0.2, 0.25) is 0 Å². The summed E-state index contributed by atoms with van der Waals surface area (Å²) in [6, 6.07) is 13.7. The van der Waals surface area contributed by atoms with Crippen LogP contribution in [0.1, 0.15) is 23.6 Å². The molecule has 0 aliphatic carbocycles. The number of nitrogens with zero attached hydrogens (tertiary/aromatic N) is 3. The SMILES string of the molecule is COc1cccc(C2=NN(C(=O)CN3CCOCC3)C(c3ccccc3F)C2)c1. The number of morpholine rings is 1. The van der Waals surface area contributed by atoms with E-state index in [0.717, 1.165) is 11.3 Å². The fraction of sp³-hybridized carbons (Fsp3) is 0.364. The summed E-state index contributed by atoms with van der Waals surface area (Å²) >= 11 is 0. The second-order valence-corrected chi connectivity index (χ2v) is 7.15. The average molecular weight is 397 g/mol. The van der Waals surface area contributed by atoms with Crippen molar-refractivity contribution in [3.63, 3.8) is 0 Å². The minimum atomic E-state index is -0.467. The van der Waals surface area contributed by atoms with Gasteiger partial charge < -0.3 is 9.47 Å². The lowest BCUT2D eigenvalue weighted by atomic mass is 9.98. The summed E-state index contributed by atoms with van der Waals surface area (Å²) in [6.07, 6.45) is 0.447. The smallest absolute Gasteiger partial charge is 0.257 e. The molecule has 1 fully saturated rings. The van der Waals surface area contributed by atoms with Crippen LogP contribution in [0.3, 0.4) is 0 Å². The largest absolute Gasteiger partial charge is 0.497 e. The number of benzene rings is 2. The van der Waals surface area contributed by atoms with E-state index in [1.54, 1.807) is 25.3 Å². The molecule has 1 amide bonds. The fourth-order valence-corrected chi connectivity index (χ4v) is 3.73. The van der Waals surface area contributed by atoms with Gasteiger partial charge >= 0.3 is 0 Å². The third-order valence-electron chi connectivity index (χ3n) is 5.30. The molecule has 0 bridgehead atoms. The number of halogens is 1. The Morgan fingerprint density at radius 1 is 1.21 bits per heavy atom. The van der Waals surface area contributed by atoms with Gasteiger partial charge in [-0.1, -0.05) is 30.3 Å². The van der Waals surface area contributed by atoms with Crippen LogP contribution in [-0.4, -0.2) is 61.5 Å². The zero-order chi connectivity index (χ0) is 20.2. The summed E-state index contributed by atoms with van der Waals surface area (Å²) in [6.45, 7) is 2.88. The quantitative estimate of drug-likeness (QED) is 0.779. The average Bonchev–Trinajstić information content (AvgIpc) is 3.20. The van der Waals surface area contributed by atoms with E-state index in [4.69, 9.17) is 9.47 Å². The molecule has 2 aromatic carbocycles. The molecule has 2 aromatic rings. The predicted octanol–water partition coefficient (Wildman–Crippen LogP) is 2.84. The molecule has 4 rings (SSSR count). The van der Waals surface area contributed by atoms with Gasteiger partial charge in [-0.2, -0.15) is 5.10 Å². The molecule has 0 N–H and O–H groups in total. The van der Waals surface area contributed by atoms with E-state index in [1.807, 2.05) is 29.2 Å². The van der Waals surface area contributed by atoms with Crippen LogP contribution >= 0.6 is 0 Å². The molecule has 6 nitrogen and oxygen atoms in total. The molecule has 29 heavy (non-hydrogen) atoms. The van der Waals surface area contributed by atoms with Crippen molar-refractivity contribution in [2.24, 2.45) is 5.10 Å². The lowest BCUT2D eigenvalue weighted by Crippen LogP contribution is -2.43. The molecule has 2 aliphatic heterocycles. The molecular weight excluding hydrogens is 373 g/mol. The Hall–Kier alpha value is -2.77. The minimum absolute atomic E-state index is 0.141. The molecule has 1 unspecified atom stereocenters. The first-order valence-electron chi connectivity index (χ1n) is 9.74. The molecule has 2 heterocycles. The van der Waals surface area contributed by atoms with Gasteiger partial charge in [0.15, 0.2) is 0 Å². The Morgan fingerprint density at radius 3 is 2.76 bits per heavy atom. The zero-order valence-corrected chi connectivity index (χ0v) is 16.4. The van der Waals surface area contributed by atoms with Crippen LogP contribution in [0.15, 0.2) is 53.6 Å². The summed E-state index contributed by atoms with van der Waals surface area (Å²) < 4.78 is 25.2. The highest BCUT2D eigenvalue weighted by molar-refractivity contribution is 6.03. The first-order valence-corrected chi connectivity index (χ1v) is 9.74. The van der Waals surface area contributed by atoms with Crippen LogP contribution in [0.25, 0.3) is 0 Å². The van der Waals surface area contributed by atoms with Gasteiger partial charge in [-0.25, -0.2) is 9.40 Å². The van der Waals surface area contributed by atoms with E-state index in [9.17, 15) is 9.18 Å². The Morgan fingerprint density at radius 2 is 2.00 bits per heavy atom. The van der Waals surface area contributed by atoms with Crippen LogP contribution in [-0.2, 0) is 9.53 Å². The molecular formula is C22H24FN3O3. The van der Waals surface area contributed by atoms with Crippen LogP contribution in [0.4, 0.5) is 4.39 Å². The van der Waals surface area contributed by atoms with Crippen molar-refractivity contribution < 1.29 is 18.7 Å². The number of ether oxygens (including phenoxy) is 2. The monoisotopic (exact) mass is 397 g/mol. The standard InChI is InChI=1S/C22H24FN3O3/c1-28-17-6-4-5-16(13-17)20-14-21(18-7-2-3-8-19(18)23)26(24-20)22(27)15-25-9-11-29-12-10-25/h2-8,13,21H,9-12,14-15H2,1H3. The van der Waals surface area contributed by atoms with Crippen molar-refractivity contribution in [1.82, 2.24) is 9.91 Å². The Balaban J connectivity index is 1.63. The van der Waals surface area contributed by atoms with E-state index < -0.39 is 6.04 Å². The lowest BCUT2D eigenvalue weighted by molar-refractivity contribution is -0.135. The maximum atomic E-state index is 14.5. The Labute approximate surface area is 169 Å². The minimum Gasteiger partial charge on any atom is -0.497 e. The highest BCUT2D eigenvalue weighted by atomic mass is 19.1. The summed E-state index contributed by atoms with van der Waals surface area (Å²) in [5, 5.41) is 6.07. The maximum Gasteiger partial charge on any atom is 0.257 e. The van der Waals surface area contributed by atoms with Crippen molar-refractivity contribution in [2.75, 3.05) is 40.0 Å². The highest BCUT2D eigenvalue weighted by Crippen LogP contribution is 2.34. The van der Waals surface area contributed by atoms with Crippen molar-refractivity contribution in [2.45, 2.75) is 12.5 Å². The number of methoxy groups -OCH3 is 1. The Kier molecular flexibility index (Phi) is 5.87. The van der Waals surface area contributed by atoms with Crippen molar-refractivity contribution in [3.8, 4) is 5.75 Å². The Bertz CT molecular complexity index is 912. The topological polar surface area (TPSA) is 54.4 Å². The van der Waals surface area contributed by atoms with E-state index in [-0.39, 0.29) is 18.3 Å². The number of hydrazone groups is 1. The van der Waals surface area contributed by atoms with Gasteiger partial charge in [0.05, 0.1) is 38.6 Å². The van der Waals surface area contributed by atoms with Crippen molar-refractivity contribution in [3.05, 3.63) is 65.5 Å². The molecule has 1 saturated heterocycles. The molecule has 152 valence electrons. The number of hydrogen-bond acceptors (Lipinski definition) is 5. The van der Waals surface area contributed by atoms with E-state index >= 15 is 0 Å². The third kappa shape index (κ3) is 4.31. The first kappa shape index (κ1) is 19.5. The van der Waals surface area contributed by atoms with E-state index in [2.05, 4.69) is 5.10 Å². The molecule has 0 radical (unpaired) electrons. The predicted molar refractivity (Wildman–Crippen MR) is 107 cm³/mol. The zero-order valence-electron chi connectivity index (χ0n) is 16.4. The van der Waals surface area contributed by atoms with E-state index in [0.29, 0.717) is 44.0 Å². The van der Waals surface area contributed by atoms with Gasteiger partial charge in [0.1, 0.15) is 11.6 Å². The summed E-state index contributed by atoms with van der Waals surface area (Å²) in [7, 11) is 1.61. The number of hydrogen-bond donors (Lipinski definition) is 0. The molecule has 2 aliphatic rings. The molecule has 1 atom stereocenters. The van der Waals surface area contributed by atoms with Crippen LogP contribution < -0.4 is 4.74 Å². The third-order valence-corrected chi connectivity index (χ3v) is 5.30. The number of carbonyl (C=O) groups excluding carboxylic acids is 1. The number of rotatable bonds is 5. The van der Waals surface area contributed by atoms with Crippen LogP contribution in [0.5, 0.6) is 5.75 Å². The summed E-state index contributed by atoms with van der Waals surface area (Å²) in [5.41, 5.74) is 2.09. The van der Waals surface area contributed by atoms with Gasteiger partial charge in [0, 0.05) is 30.6 Å². The normalized spacial score (nSPS) is 19.9. The highest BCUT2D eigenvalue weighted by Gasteiger charge is 2.35. The van der Waals surface area contributed by atoms with Gasteiger partial charge in [0.25, 0.3) is 5.91 Å². The van der Waals surface area contributed by atoms with E-state index in [1.165, 1.54) is 11.1 Å². The van der Waals surface area contributed by atoms with Gasteiger partial charge in [-0.05, 0) is 18.2 Å². The molecule has 0 aromatic heterocycles. The summed E-state index contributed by atoms with van der Waals surface area (Å²) in [4.78, 5) is 15.1. The van der Waals surface area contributed by atoms with Crippen molar-refractivity contribution in [1.29, 1.82) is 0 Å². The van der Waals surface area contributed by atoms with Gasteiger partial charge in [-0.15, -0.1) is 0 Å². The van der Waals surface area contributed by atoms with Crippen molar-refractivity contribution >= 4 is 11.6 Å². The second-order valence-electron chi connectivity index (χ2n) is 7.15.